The lowest BCUT2D eigenvalue weighted by Crippen LogP contribution is -2.37. The maximum atomic E-state index is 13.3. The number of anilines is 2. The minimum atomic E-state index is -0.728. The van der Waals surface area contributed by atoms with Crippen molar-refractivity contribution in [3.8, 4) is 17.6 Å². The summed E-state index contributed by atoms with van der Waals surface area (Å²) in [4.78, 5) is 30.4. The molecule has 0 aliphatic carbocycles. The summed E-state index contributed by atoms with van der Waals surface area (Å²) in [6.07, 6.45) is 1.26. The van der Waals surface area contributed by atoms with Crippen molar-refractivity contribution in [2.45, 2.75) is 31.8 Å². The molecule has 0 bridgehead atoms. The quantitative estimate of drug-likeness (QED) is 0.0616. The number of carbonyl (C=O) groups excluding carboxylic acids is 2. The van der Waals surface area contributed by atoms with Gasteiger partial charge in [-0.25, -0.2) is 9.61 Å². The van der Waals surface area contributed by atoms with Gasteiger partial charge in [-0.1, -0.05) is 12.1 Å². The Morgan fingerprint density at radius 1 is 1.12 bits per heavy atom. The number of carbonyl (C=O) groups is 2. The van der Waals surface area contributed by atoms with Gasteiger partial charge in [-0.3, -0.25) is 15.0 Å². The fraction of sp³-hybridized carbons (Fsp3) is 0.269. The maximum Gasteiger partial charge on any atom is 0.241 e. The molecule has 0 unspecified atom stereocenters. The summed E-state index contributed by atoms with van der Waals surface area (Å²) in [6, 6.07) is 15.2. The molecular weight excluding hydrogens is 514 g/mol. The van der Waals surface area contributed by atoms with Gasteiger partial charge in [0.05, 0.1) is 36.1 Å². The van der Waals surface area contributed by atoms with E-state index in [4.69, 9.17) is 26.8 Å². The highest BCUT2D eigenvalue weighted by atomic mass is 16.6. The lowest BCUT2D eigenvalue weighted by atomic mass is 10.1. The molecule has 2 heterocycles. The molecule has 14 heteroatoms. The van der Waals surface area contributed by atoms with Gasteiger partial charge in [0, 0.05) is 24.3 Å². The summed E-state index contributed by atoms with van der Waals surface area (Å²) in [6.45, 7) is 0.764. The number of imidazole rings is 1. The predicted molar refractivity (Wildman–Crippen MR) is 148 cm³/mol. The van der Waals surface area contributed by atoms with E-state index in [1.54, 1.807) is 28.8 Å². The van der Waals surface area contributed by atoms with E-state index in [1.807, 2.05) is 24.3 Å². The number of para-hydroxylation sites is 2. The first-order chi connectivity index (χ1) is 19.4. The van der Waals surface area contributed by atoms with Crippen molar-refractivity contribution >= 4 is 40.2 Å². The minimum Gasteiger partial charge on any atom is -0.370 e. The summed E-state index contributed by atoms with van der Waals surface area (Å²) in [7, 11) is 0. The van der Waals surface area contributed by atoms with Crippen molar-refractivity contribution < 1.29 is 14.2 Å². The van der Waals surface area contributed by atoms with Crippen LogP contribution < -0.4 is 27.4 Å². The fourth-order valence-corrected chi connectivity index (χ4v) is 3.99. The lowest BCUT2D eigenvalue weighted by Gasteiger charge is -2.13. The highest BCUT2D eigenvalue weighted by Gasteiger charge is 2.22. The van der Waals surface area contributed by atoms with Gasteiger partial charge in [-0.05, 0) is 59.6 Å². The van der Waals surface area contributed by atoms with Crippen molar-refractivity contribution in [3.63, 3.8) is 0 Å². The van der Waals surface area contributed by atoms with E-state index in [0.29, 0.717) is 60.0 Å². The number of amides is 1. The van der Waals surface area contributed by atoms with Gasteiger partial charge in [0.25, 0.3) is 0 Å². The Balaban J connectivity index is 1.46. The second kappa shape index (κ2) is 13.0. The van der Waals surface area contributed by atoms with Crippen LogP contribution in [0.15, 0.2) is 53.2 Å². The first-order valence-corrected chi connectivity index (χ1v) is 12.5. The molecule has 0 aliphatic rings. The van der Waals surface area contributed by atoms with Crippen molar-refractivity contribution in [2.24, 2.45) is 11.5 Å². The summed E-state index contributed by atoms with van der Waals surface area (Å²) < 4.78 is 6.66. The van der Waals surface area contributed by atoms with Crippen molar-refractivity contribution in [1.29, 1.82) is 10.7 Å². The molecule has 4 rings (SSSR count). The number of ketones is 1. The number of hydrogen-bond donors (Lipinski definition) is 6. The number of aromatic nitrogens is 4. The van der Waals surface area contributed by atoms with Crippen LogP contribution in [0.4, 0.5) is 11.5 Å². The summed E-state index contributed by atoms with van der Waals surface area (Å²) in [5.41, 5.74) is 13.9. The Morgan fingerprint density at radius 3 is 2.65 bits per heavy atom. The summed E-state index contributed by atoms with van der Waals surface area (Å²) >= 11 is 0. The molecule has 1 atom stereocenters. The van der Waals surface area contributed by atoms with E-state index >= 15 is 0 Å². The van der Waals surface area contributed by atoms with Crippen LogP contribution >= 0.6 is 0 Å². The van der Waals surface area contributed by atoms with Gasteiger partial charge in [-0.2, -0.15) is 5.26 Å². The molecule has 0 radical (unpaired) electrons. The second-order valence-corrected chi connectivity index (χ2v) is 8.89. The maximum absolute atomic E-state index is 13.3. The van der Waals surface area contributed by atoms with Crippen LogP contribution in [0, 0.1) is 16.7 Å². The number of guanidine groups is 1. The van der Waals surface area contributed by atoms with Crippen LogP contribution in [-0.4, -0.2) is 56.6 Å². The SMILES string of the molecule is N#CCCNc1nonc1-c1nc2ccccc2n1CC(=O)c1ccc(NC(=O)[C@@H](N)CCCNC(=N)N)cc1. The van der Waals surface area contributed by atoms with E-state index in [1.165, 1.54) is 0 Å². The zero-order chi connectivity index (χ0) is 28.5. The number of nitrogens with zero attached hydrogens (tertiary/aromatic N) is 5. The molecule has 8 N–H and O–H groups in total. The largest absolute Gasteiger partial charge is 0.370 e. The van der Waals surface area contributed by atoms with Gasteiger partial charge in [-0.15, -0.1) is 0 Å². The molecule has 40 heavy (non-hydrogen) atoms. The third kappa shape index (κ3) is 6.77. The number of benzene rings is 2. The number of nitriles is 1. The first kappa shape index (κ1) is 27.7. The lowest BCUT2D eigenvalue weighted by molar-refractivity contribution is -0.117. The molecule has 2 aromatic heterocycles. The Kier molecular flexibility index (Phi) is 9.00. The molecule has 14 nitrogen and oxygen atoms in total. The van der Waals surface area contributed by atoms with E-state index in [2.05, 4.69) is 37.3 Å². The zero-order valence-electron chi connectivity index (χ0n) is 21.6. The topological polar surface area (TPSA) is 227 Å². The summed E-state index contributed by atoms with van der Waals surface area (Å²) in [5.74, 6) is 0.0533. The molecule has 0 aliphatic heterocycles. The molecule has 0 fully saturated rings. The normalized spacial score (nSPS) is 11.5. The van der Waals surface area contributed by atoms with E-state index in [9.17, 15) is 9.59 Å². The van der Waals surface area contributed by atoms with Crippen LogP contribution in [0.3, 0.4) is 0 Å². The number of hydrogen-bond acceptors (Lipinski definition) is 10. The highest BCUT2D eigenvalue weighted by Crippen LogP contribution is 2.28. The molecule has 4 aromatic rings. The van der Waals surface area contributed by atoms with Crippen LogP contribution in [-0.2, 0) is 11.3 Å². The van der Waals surface area contributed by atoms with Crippen molar-refractivity contribution in [3.05, 3.63) is 54.1 Å². The number of Topliss-reactive ketones (excluding diaryl/α,β-unsaturated/α-hetero) is 1. The molecule has 2 aromatic carbocycles. The van der Waals surface area contributed by atoms with Gasteiger partial charge in [0.1, 0.15) is 0 Å². The summed E-state index contributed by atoms with van der Waals surface area (Å²) in [5, 5.41) is 32.3. The van der Waals surface area contributed by atoms with E-state index in [0.717, 1.165) is 5.52 Å². The molecule has 206 valence electrons. The first-order valence-electron chi connectivity index (χ1n) is 12.5. The van der Waals surface area contributed by atoms with Crippen LogP contribution in [0.25, 0.3) is 22.6 Å². The van der Waals surface area contributed by atoms with E-state index < -0.39 is 6.04 Å². The van der Waals surface area contributed by atoms with Gasteiger partial charge < -0.3 is 32.0 Å². The minimum absolute atomic E-state index is 0.0365. The van der Waals surface area contributed by atoms with Crippen LogP contribution in [0.1, 0.15) is 29.6 Å². The Hall–Kier alpha value is -5.29. The van der Waals surface area contributed by atoms with Gasteiger partial charge in [0.15, 0.2) is 23.3 Å². The van der Waals surface area contributed by atoms with Gasteiger partial charge in [0.2, 0.25) is 11.7 Å². The Bertz CT molecular complexity index is 1540. The van der Waals surface area contributed by atoms with Gasteiger partial charge >= 0.3 is 0 Å². The number of rotatable bonds is 13. The number of nitrogens with one attached hydrogen (secondary N) is 4. The monoisotopic (exact) mass is 543 g/mol. The molecule has 0 spiro atoms. The van der Waals surface area contributed by atoms with Crippen molar-refractivity contribution in [1.82, 2.24) is 25.2 Å². The fourth-order valence-electron chi connectivity index (χ4n) is 3.99. The second-order valence-electron chi connectivity index (χ2n) is 8.89. The molecular formula is C26H29N11O3. The number of nitrogens with two attached hydrogens (primary N) is 2. The smallest absolute Gasteiger partial charge is 0.241 e. The number of fused-ring (bicyclic) bond motifs is 1. The average molecular weight is 544 g/mol. The molecule has 0 saturated carbocycles. The predicted octanol–water partition coefficient (Wildman–Crippen LogP) is 1.82. The Labute approximate surface area is 229 Å². The molecule has 1 amide bonds. The Morgan fingerprint density at radius 2 is 1.90 bits per heavy atom. The van der Waals surface area contributed by atoms with Crippen molar-refractivity contribution in [2.75, 3.05) is 23.7 Å². The third-order valence-corrected chi connectivity index (χ3v) is 6.00. The average Bonchev–Trinajstić information content (AvgIpc) is 3.55. The van der Waals surface area contributed by atoms with Crippen LogP contribution in [0.2, 0.25) is 0 Å². The third-order valence-electron chi connectivity index (χ3n) is 6.00. The highest BCUT2D eigenvalue weighted by molar-refractivity contribution is 5.99. The molecule has 0 saturated heterocycles. The van der Waals surface area contributed by atoms with E-state index in [-0.39, 0.29) is 30.6 Å². The van der Waals surface area contributed by atoms with Crippen LogP contribution in [0.5, 0.6) is 0 Å². The standard InChI is InChI=1S/C26H29N11O3/c27-12-4-14-31-23-22(35-40-36-23)24-34-19-6-1-2-7-20(19)37(24)15-21(38)16-8-10-17(11-9-16)33-25(39)18(28)5-3-13-32-26(29)30/h1-2,6-11,18H,3-5,13-15,28H2,(H,31,36)(H,33,39)(H4,29,30,32)/t18-/m0/s1. The zero-order valence-corrected chi connectivity index (χ0v) is 21.6.